The lowest BCUT2D eigenvalue weighted by molar-refractivity contribution is 0.176. The van der Waals surface area contributed by atoms with Gasteiger partial charge in [0.05, 0.1) is 6.04 Å². The summed E-state index contributed by atoms with van der Waals surface area (Å²) >= 11 is 1.58. The van der Waals surface area contributed by atoms with Crippen molar-refractivity contribution in [3.63, 3.8) is 0 Å². The number of carbonyl (C=O) groups excluding carboxylic acids is 1. The number of aromatic nitrogens is 4. The van der Waals surface area contributed by atoms with E-state index in [1.807, 2.05) is 21.9 Å². The second kappa shape index (κ2) is 7.08. The molecule has 2 amide bonds. The van der Waals surface area contributed by atoms with Gasteiger partial charge in [0.1, 0.15) is 17.2 Å². The highest BCUT2D eigenvalue weighted by molar-refractivity contribution is 7.09. The molecular weight excluding hydrogens is 312 g/mol. The Kier molecular flexibility index (Phi) is 4.90. The number of piperidine rings is 1. The maximum absolute atomic E-state index is 12.5. The number of nitrogens with zero attached hydrogens (tertiary/aromatic N) is 5. The largest absolute Gasteiger partial charge is 0.329 e. The number of likely N-dealkylation sites (tertiary alicyclic amines) is 1. The van der Waals surface area contributed by atoms with Crippen molar-refractivity contribution >= 4 is 17.4 Å². The van der Waals surface area contributed by atoms with E-state index in [4.69, 9.17) is 0 Å². The zero-order valence-corrected chi connectivity index (χ0v) is 14.3. The van der Waals surface area contributed by atoms with Gasteiger partial charge < -0.3 is 14.8 Å². The average Bonchev–Trinajstić information content (AvgIpc) is 3.24. The van der Waals surface area contributed by atoms with Crippen LogP contribution in [0.1, 0.15) is 49.0 Å². The van der Waals surface area contributed by atoms with Gasteiger partial charge in [0.25, 0.3) is 0 Å². The van der Waals surface area contributed by atoms with Crippen LogP contribution in [0.15, 0.2) is 17.9 Å². The molecular formula is C15H22N6OS. The summed E-state index contributed by atoms with van der Waals surface area (Å²) in [5, 5.41) is 14.1. The number of rotatable bonds is 4. The molecule has 0 aliphatic carbocycles. The maximum Gasteiger partial charge on any atom is 0.317 e. The first-order valence-electron chi connectivity index (χ1n) is 7.97. The van der Waals surface area contributed by atoms with E-state index in [9.17, 15) is 4.79 Å². The minimum atomic E-state index is -0.000959. The predicted molar refractivity (Wildman–Crippen MR) is 88.2 cm³/mol. The third kappa shape index (κ3) is 3.52. The van der Waals surface area contributed by atoms with Crippen LogP contribution in [0.2, 0.25) is 0 Å². The van der Waals surface area contributed by atoms with Crippen molar-refractivity contribution < 1.29 is 4.79 Å². The summed E-state index contributed by atoms with van der Waals surface area (Å²) in [7, 11) is 1.97. The first-order valence-corrected chi connectivity index (χ1v) is 8.85. The Hall–Kier alpha value is -1.96. The Balaban J connectivity index is 1.55. The van der Waals surface area contributed by atoms with Gasteiger partial charge in [0.15, 0.2) is 0 Å². The fraction of sp³-hybridized carbons (Fsp3) is 0.600. The zero-order valence-electron chi connectivity index (χ0n) is 13.5. The van der Waals surface area contributed by atoms with E-state index >= 15 is 0 Å². The summed E-state index contributed by atoms with van der Waals surface area (Å²) in [6.45, 7) is 3.56. The van der Waals surface area contributed by atoms with E-state index < -0.39 is 0 Å². The highest BCUT2D eigenvalue weighted by Crippen LogP contribution is 2.26. The number of nitrogens with one attached hydrogen (secondary N) is 1. The molecule has 1 aliphatic heterocycles. The first kappa shape index (κ1) is 15.9. The van der Waals surface area contributed by atoms with Crippen LogP contribution in [-0.2, 0) is 7.05 Å². The third-order valence-electron chi connectivity index (χ3n) is 4.35. The molecule has 1 atom stereocenters. The Labute approximate surface area is 139 Å². The number of aryl methyl sites for hydroxylation is 1. The van der Waals surface area contributed by atoms with Crippen molar-refractivity contribution in [2.75, 3.05) is 13.1 Å². The molecule has 3 rings (SSSR count). The van der Waals surface area contributed by atoms with Crippen LogP contribution in [0, 0.1) is 0 Å². The smallest absolute Gasteiger partial charge is 0.317 e. The molecule has 1 aliphatic rings. The van der Waals surface area contributed by atoms with Crippen LogP contribution in [-0.4, -0.2) is 43.8 Å². The fourth-order valence-electron chi connectivity index (χ4n) is 2.99. The van der Waals surface area contributed by atoms with Gasteiger partial charge in [-0.3, -0.25) is 0 Å². The molecule has 2 aromatic heterocycles. The SMILES string of the molecule is CC[C@@H](NC(=O)N1CCC(c2nncn2C)CC1)c1nccs1. The Bertz CT molecular complexity index is 632. The van der Waals surface area contributed by atoms with Crippen molar-refractivity contribution in [1.29, 1.82) is 0 Å². The Morgan fingerprint density at radius 1 is 1.48 bits per heavy atom. The minimum Gasteiger partial charge on any atom is -0.329 e. The van der Waals surface area contributed by atoms with Crippen LogP contribution in [0.5, 0.6) is 0 Å². The van der Waals surface area contributed by atoms with Gasteiger partial charge in [0.2, 0.25) is 0 Å². The summed E-state index contributed by atoms with van der Waals surface area (Å²) in [6, 6.07) is 0.00225. The molecule has 23 heavy (non-hydrogen) atoms. The van der Waals surface area contributed by atoms with Gasteiger partial charge in [-0.1, -0.05) is 6.92 Å². The molecule has 8 heteroatoms. The third-order valence-corrected chi connectivity index (χ3v) is 5.24. The maximum atomic E-state index is 12.5. The molecule has 7 nitrogen and oxygen atoms in total. The molecule has 3 heterocycles. The minimum absolute atomic E-state index is 0.000959. The van der Waals surface area contributed by atoms with Gasteiger partial charge in [-0.2, -0.15) is 0 Å². The van der Waals surface area contributed by atoms with Crippen LogP contribution < -0.4 is 5.32 Å². The molecule has 2 aromatic rings. The zero-order chi connectivity index (χ0) is 16.2. The Morgan fingerprint density at radius 2 is 2.26 bits per heavy atom. The summed E-state index contributed by atoms with van der Waals surface area (Å²) < 4.78 is 1.97. The molecule has 0 radical (unpaired) electrons. The van der Waals surface area contributed by atoms with Crippen molar-refractivity contribution in [3.05, 3.63) is 28.7 Å². The van der Waals surface area contributed by atoms with Gasteiger partial charge in [-0.15, -0.1) is 21.5 Å². The molecule has 0 spiro atoms. The highest BCUT2D eigenvalue weighted by atomic mass is 32.1. The van der Waals surface area contributed by atoms with E-state index in [1.54, 1.807) is 23.9 Å². The summed E-state index contributed by atoms with van der Waals surface area (Å²) in [6.07, 6.45) is 6.20. The van der Waals surface area contributed by atoms with Crippen LogP contribution >= 0.6 is 11.3 Å². The van der Waals surface area contributed by atoms with Crippen molar-refractivity contribution in [1.82, 2.24) is 30.0 Å². The molecule has 1 saturated heterocycles. The first-order chi connectivity index (χ1) is 11.2. The predicted octanol–water partition coefficient (Wildman–Crippen LogP) is 2.31. The monoisotopic (exact) mass is 334 g/mol. The molecule has 0 saturated carbocycles. The van der Waals surface area contributed by atoms with Gasteiger partial charge in [-0.05, 0) is 19.3 Å². The van der Waals surface area contributed by atoms with Crippen molar-refractivity contribution in [2.24, 2.45) is 7.05 Å². The number of amides is 2. The number of thiazole rings is 1. The highest BCUT2D eigenvalue weighted by Gasteiger charge is 2.27. The Morgan fingerprint density at radius 3 is 2.83 bits per heavy atom. The van der Waals surface area contributed by atoms with Crippen LogP contribution in [0.25, 0.3) is 0 Å². The average molecular weight is 334 g/mol. The number of carbonyl (C=O) groups is 1. The molecule has 0 unspecified atom stereocenters. The summed E-state index contributed by atoms with van der Waals surface area (Å²) in [5.74, 6) is 1.40. The summed E-state index contributed by atoms with van der Waals surface area (Å²) in [5.41, 5.74) is 0. The lowest BCUT2D eigenvalue weighted by atomic mass is 9.96. The van der Waals surface area contributed by atoms with Gasteiger partial charge >= 0.3 is 6.03 Å². The van der Waals surface area contributed by atoms with E-state index in [1.165, 1.54) is 0 Å². The number of hydrogen-bond acceptors (Lipinski definition) is 5. The summed E-state index contributed by atoms with van der Waals surface area (Å²) in [4.78, 5) is 18.7. The van der Waals surface area contributed by atoms with Crippen LogP contribution in [0.4, 0.5) is 4.79 Å². The number of urea groups is 1. The second-order valence-corrected chi connectivity index (χ2v) is 6.77. The molecule has 124 valence electrons. The van der Waals surface area contributed by atoms with E-state index in [0.717, 1.165) is 43.2 Å². The molecule has 0 aromatic carbocycles. The van der Waals surface area contributed by atoms with Gasteiger partial charge in [0, 0.05) is 37.6 Å². The lowest BCUT2D eigenvalue weighted by Gasteiger charge is -2.32. The molecule has 1 N–H and O–H groups in total. The normalized spacial score (nSPS) is 17.2. The molecule has 1 fully saturated rings. The van der Waals surface area contributed by atoms with E-state index in [2.05, 4.69) is 27.4 Å². The topological polar surface area (TPSA) is 75.9 Å². The van der Waals surface area contributed by atoms with Gasteiger partial charge in [-0.25, -0.2) is 9.78 Å². The molecule has 0 bridgehead atoms. The lowest BCUT2D eigenvalue weighted by Crippen LogP contribution is -2.45. The number of hydrogen-bond donors (Lipinski definition) is 1. The van der Waals surface area contributed by atoms with Crippen LogP contribution in [0.3, 0.4) is 0 Å². The quantitative estimate of drug-likeness (QED) is 0.931. The van der Waals surface area contributed by atoms with Crippen molar-refractivity contribution in [3.8, 4) is 0 Å². The standard InChI is InChI=1S/C15H22N6OS/c1-3-12(14-16-6-9-23-14)18-15(22)21-7-4-11(5-8-21)13-19-17-10-20(13)2/h6,9-12H,3-5,7-8H2,1-2H3,(H,18,22)/t12-/m1/s1. The van der Waals surface area contributed by atoms with E-state index in [0.29, 0.717) is 5.92 Å². The second-order valence-electron chi connectivity index (χ2n) is 5.84. The fourth-order valence-corrected chi connectivity index (χ4v) is 3.76. The van der Waals surface area contributed by atoms with Crippen molar-refractivity contribution in [2.45, 2.75) is 38.1 Å². The van der Waals surface area contributed by atoms with E-state index in [-0.39, 0.29) is 12.1 Å².